The van der Waals surface area contributed by atoms with Gasteiger partial charge in [-0.15, -0.1) is 11.3 Å². The van der Waals surface area contributed by atoms with Crippen LogP contribution in [-0.4, -0.2) is 24.7 Å². The highest BCUT2D eigenvalue weighted by molar-refractivity contribution is 7.15. The van der Waals surface area contributed by atoms with E-state index in [1.807, 2.05) is 16.0 Å². The lowest BCUT2D eigenvalue weighted by Crippen LogP contribution is -1.80. The number of thiazole rings is 1. The number of hydrogen-bond acceptors (Lipinski definition) is 5. The Morgan fingerprint density at radius 1 is 1.12 bits per heavy atom. The van der Waals surface area contributed by atoms with Crippen LogP contribution in [0.2, 0.25) is 0 Å². The minimum Gasteiger partial charge on any atom is -0.504 e. The molecular weight excluding hydrogens is 240 g/mol. The molecule has 1 aromatic carbocycles. The molecule has 5 nitrogen and oxygen atoms in total. The van der Waals surface area contributed by atoms with E-state index in [0.717, 1.165) is 4.96 Å². The standard InChI is InChI=1S/C11H8N2O3S/c14-8-2-1-6(9(15)10(8)16)7-5-13-3-4-17-11(13)12-7/h1-5,14-16H. The summed E-state index contributed by atoms with van der Waals surface area (Å²) in [6.45, 7) is 0. The molecule has 3 aromatic rings. The molecule has 3 rings (SSSR count). The highest BCUT2D eigenvalue weighted by Crippen LogP contribution is 2.41. The molecule has 0 atom stereocenters. The average Bonchev–Trinajstić information content (AvgIpc) is 2.86. The summed E-state index contributed by atoms with van der Waals surface area (Å²) < 4.78 is 1.82. The number of fused-ring (bicyclic) bond motifs is 1. The normalized spacial score (nSPS) is 11.1. The Labute approximate surface area is 99.8 Å². The first-order valence-electron chi connectivity index (χ1n) is 4.83. The number of aromatic nitrogens is 2. The maximum absolute atomic E-state index is 9.74. The highest BCUT2D eigenvalue weighted by atomic mass is 32.1. The molecule has 0 unspecified atom stereocenters. The summed E-state index contributed by atoms with van der Waals surface area (Å²) >= 11 is 1.47. The number of phenols is 3. The van der Waals surface area contributed by atoms with E-state index in [1.165, 1.54) is 23.5 Å². The van der Waals surface area contributed by atoms with Gasteiger partial charge in [-0.25, -0.2) is 4.98 Å². The molecule has 6 heteroatoms. The number of benzene rings is 1. The SMILES string of the molecule is Oc1ccc(-c2cn3ccsc3n2)c(O)c1O. The van der Waals surface area contributed by atoms with Gasteiger partial charge in [0.15, 0.2) is 16.5 Å². The van der Waals surface area contributed by atoms with Crippen molar-refractivity contribution in [3.63, 3.8) is 0 Å². The predicted octanol–water partition coefficient (Wildman–Crippen LogP) is 2.18. The molecule has 0 radical (unpaired) electrons. The van der Waals surface area contributed by atoms with Crippen LogP contribution < -0.4 is 0 Å². The maximum Gasteiger partial charge on any atom is 0.200 e. The van der Waals surface area contributed by atoms with Crippen LogP contribution in [0.5, 0.6) is 17.2 Å². The minimum absolute atomic E-state index is 0.354. The molecule has 0 saturated carbocycles. The Morgan fingerprint density at radius 2 is 1.94 bits per heavy atom. The highest BCUT2D eigenvalue weighted by Gasteiger charge is 2.15. The van der Waals surface area contributed by atoms with Gasteiger partial charge in [0.1, 0.15) is 0 Å². The Balaban J connectivity index is 2.22. The fourth-order valence-corrected chi connectivity index (χ4v) is 2.33. The van der Waals surface area contributed by atoms with Crippen LogP contribution in [-0.2, 0) is 0 Å². The first-order chi connectivity index (χ1) is 8.16. The van der Waals surface area contributed by atoms with Crippen LogP contribution in [0.3, 0.4) is 0 Å². The van der Waals surface area contributed by atoms with E-state index in [9.17, 15) is 15.3 Å². The summed E-state index contributed by atoms with van der Waals surface area (Å²) in [5, 5.41) is 30.3. The molecule has 0 aliphatic rings. The van der Waals surface area contributed by atoms with E-state index in [1.54, 1.807) is 6.20 Å². The van der Waals surface area contributed by atoms with Gasteiger partial charge in [0.2, 0.25) is 5.75 Å². The topological polar surface area (TPSA) is 78.0 Å². The smallest absolute Gasteiger partial charge is 0.200 e. The molecule has 3 N–H and O–H groups in total. The zero-order chi connectivity index (χ0) is 12.0. The first kappa shape index (κ1) is 9.98. The summed E-state index contributed by atoms with van der Waals surface area (Å²) in [6.07, 6.45) is 3.60. The van der Waals surface area contributed by atoms with E-state index in [-0.39, 0.29) is 11.5 Å². The largest absolute Gasteiger partial charge is 0.504 e. The monoisotopic (exact) mass is 248 g/mol. The molecule has 0 saturated heterocycles. The third-order valence-electron chi connectivity index (χ3n) is 2.50. The first-order valence-corrected chi connectivity index (χ1v) is 5.71. The molecular formula is C11H8N2O3S. The Morgan fingerprint density at radius 3 is 2.71 bits per heavy atom. The van der Waals surface area contributed by atoms with E-state index in [2.05, 4.69) is 4.98 Å². The van der Waals surface area contributed by atoms with Gasteiger partial charge in [-0.05, 0) is 12.1 Å². The van der Waals surface area contributed by atoms with Crippen LogP contribution in [0.25, 0.3) is 16.2 Å². The zero-order valence-electron chi connectivity index (χ0n) is 8.53. The summed E-state index contributed by atoms with van der Waals surface area (Å²) in [5.74, 6) is -1.25. The van der Waals surface area contributed by atoms with Crippen molar-refractivity contribution >= 4 is 16.3 Å². The van der Waals surface area contributed by atoms with Gasteiger partial charge in [-0.3, -0.25) is 4.40 Å². The second-order valence-electron chi connectivity index (χ2n) is 3.55. The Hall–Kier alpha value is -2.21. The lowest BCUT2D eigenvalue weighted by molar-refractivity contribution is 0.369. The lowest BCUT2D eigenvalue weighted by atomic mass is 10.1. The average molecular weight is 248 g/mol. The van der Waals surface area contributed by atoms with Crippen molar-refractivity contribution in [1.29, 1.82) is 0 Å². The van der Waals surface area contributed by atoms with Gasteiger partial charge in [0.25, 0.3) is 0 Å². The van der Waals surface area contributed by atoms with Gasteiger partial charge < -0.3 is 15.3 Å². The third kappa shape index (κ3) is 1.42. The summed E-state index contributed by atoms with van der Waals surface area (Å²) in [6, 6.07) is 2.83. The van der Waals surface area contributed by atoms with Crippen molar-refractivity contribution in [2.24, 2.45) is 0 Å². The summed E-state index contributed by atoms with van der Waals surface area (Å²) in [7, 11) is 0. The molecule has 0 spiro atoms. The predicted molar refractivity (Wildman–Crippen MR) is 63.5 cm³/mol. The van der Waals surface area contributed by atoms with E-state index >= 15 is 0 Å². The fraction of sp³-hybridized carbons (Fsp3) is 0. The molecule has 17 heavy (non-hydrogen) atoms. The van der Waals surface area contributed by atoms with Crippen LogP contribution in [0.1, 0.15) is 0 Å². The lowest BCUT2D eigenvalue weighted by Gasteiger charge is -2.04. The number of aromatic hydroxyl groups is 3. The zero-order valence-corrected chi connectivity index (χ0v) is 9.35. The summed E-state index contributed by atoms with van der Waals surface area (Å²) in [5.41, 5.74) is 0.931. The van der Waals surface area contributed by atoms with Gasteiger partial charge in [-0.1, -0.05) is 0 Å². The van der Waals surface area contributed by atoms with Gasteiger partial charge >= 0.3 is 0 Å². The number of imidazole rings is 1. The summed E-state index contributed by atoms with van der Waals surface area (Å²) in [4.78, 5) is 5.10. The molecule has 0 aliphatic heterocycles. The van der Waals surface area contributed by atoms with Crippen molar-refractivity contribution in [2.75, 3.05) is 0 Å². The number of phenolic OH excluding ortho intramolecular Hbond substituents is 3. The molecule has 0 aliphatic carbocycles. The third-order valence-corrected chi connectivity index (χ3v) is 3.27. The number of hydrogen-bond donors (Lipinski definition) is 3. The number of rotatable bonds is 1. The maximum atomic E-state index is 9.74. The second kappa shape index (κ2) is 3.39. The van der Waals surface area contributed by atoms with Crippen molar-refractivity contribution in [3.05, 3.63) is 29.9 Å². The molecule has 0 fully saturated rings. The Bertz CT molecular complexity index is 673. The van der Waals surface area contributed by atoms with Gasteiger partial charge in [0, 0.05) is 23.3 Å². The second-order valence-corrected chi connectivity index (χ2v) is 4.42. The van der Waals surface area contributed by atoms with Gasteiger partial charge in [-0.2, -0.15) is 0 Å². The Kier molecular flexibility index (Phi) is 1.99. The van der Waals surface area contributed by atoms with Crippen LogP contribution in [0.15, 0.2) is 29.9 Å². The van der Waals surface area contributed by atoms with Crippen LogP contribution >= 0.6 is 11.3 Å². The molecule has 0 amide bonds. The van der Waals surface area contributed by atoms with Crippen molar-refractivity contribution in [3.8, 4) is 28.5 Å². The van der Waals surface area contributed by atoms with Crippen molar-refractivity contribution < 1.29 is 15.3 Å². The van der Waals surface area contributed by atoms with Crippen LogP contribution in [0.4, 0.5) is 0 Å². The molecule has 86 valence electrons. The van der Waals surface area contributed by atoms with E-state index in [4.69, 9.17) is 0 Å². The van der Waals surface area contributed by atoms with E-state index in [0.29, 0.717) is 11.3 Å². The molecule has 2 heterocycles. The quantitative estimate of drug-likeness (QED) is 0.577. The van der Waals surface area contributed by atoms with E-state index < -0.39 is 5.75 Å². The number of nitrogens with zero attached hydrogens (tertiary/aromatic N) is 2. The van der Waals surface area contributed by atoms with Crippen molar-refractivity contribution in [1.82, 2.24) is 9.38 Å². The molecule has 0 bridgehead atoms. The molecule has 2 aromatic heterocycles. The van der Waals surface area contributed by atoms with Crippen molar-refractivity contribution in [2.45, 2.75) is 0 Å². The van der Waals surface area contributed by atoms with Gasteiger partial charge in [0.05, 0.1) is 5.69 Å². The minimum atomic E-state index is -0.529. The fourth-order valence-electron chi connectivity index (χ4n) is 1.63. The van der Waals surface area contributed by atoms with Crippen LogP contribution in [0, 0.1) is 0 Å².